The lowest BCUT2D eigenvalue weighted by Gasteiger charge is -2.20. The van der Waals surface area contributed by atoms with Crippen molar-refractivity contribution in [2.45, 2.75) is 39.7 Å². The molecule has 3 aromatic carbocycles. The Hall–Kier alpha value is -3.60. The molecule has 1 aliphatic heterocycles. The monoisotopic (exact) mass is 439 g/mol. The SMILES string of the molecule is Cc1ccc(OCCn2c([C@@H]3CC(=O)N(c4ccc(C)cc4C)C3)nc3ccccc32)cc1. The van der Waals surface area contributed by atoms with Crippen molar-refractivity contribution in [1.29, 1.82) is 0 Å². The predicted molar refractivity (Wildman–Crippen MR) is 132 cm³/mol. The number of nitrogens with zero attached hydrogens (tertiary/aromatic N) is 3. The number of carbonyl (C=O) groups excluding carboxylic acids is 1. The van der Waals surface area contributed by atoms with E-state index < -0.39 is 0 Å². The molecule has 0 unspecified atom stereocenters. The maximum Gasteiger partial charge on any atom is 0.227 e. The third-order valence-corrected chi connectivity index (χ3v) is 6.42. The molecule has 1 aromatic heterocycles. The van der Waals surface area contributed by atoms with Gasteiger partial charge in [0.1, 0.15) is 18.2 Å². The zero-order valence-corrected chi connectivity index (χ0v) is 19.4. The lowest BCUT2D eigenvalue weighted by atomic mass is 10.1. The Morgan fingerprint density at radius 3 is 2.52 bits per heavy atom. The van der Waals surface area contributed by atoms with E-state index in [-0.39, 0.29) is 11.8 Å². The molecule has 0 radical (unpaired) electrons. The van der Waals surface area contributed by atoms with Crippen molar-refractivity contribution in [2.24, 2.45) is 0 Å². The first-order valence-corrected chi connectivity index (χ1v) is 11.5. The lowest BCUT2D eigenvalue weighted by Crippen LogP contribution is -2.25. The van der Waals surface area contributed by atoms with Gasteiger partial charge in [-0.1, -0.05) is 47.5 Å². The minimum Gasteiger partial charge on any atom is -0.492 e. The number of amides is 1. The lowest BCUT2D eigenvalue weighted by molar-refractivity contribution is -0.117. The summed E-state index contributed by atoms with van der Waals surface area (Å²) in [5.41, 5.74) is 6.58. The molecule has 2 heterocycles. The second-order valence-electron chi connectivity index (χ2n) is 8.97. The van der Waals surface area contributed by atoms with Crippen LogP contribution in [-0.2, 0) is 11.3 Å². The molecule has 5 heteroatoms. The first-order chi connectivity index (χ1) is 16.0. The largest absolute Gasteiger partial charge is 0.492 e. The number of aromatic nitrogens is 2. The molecule has 33 heavy (non-hydrogen) atoms. The average molecular weight is 440 g/mol. The Balaban J connectivity index is 1.40. The number of carbonyl (C=O) groups is 1. The van der Waals surface area contributed by atoms with Gasteiger partial charge in [-0.05, 0) is 56.7 Å². The molecule has 168 valence electrons. The second kappa shape index (κ2) is 8.74. The van der Waals surface area contributed by atoms with Gasteiger partial charge in [-0.2, -0.15) is 0 Å². The Labute approximate surface area is 194 Å². The second-order valence-corrected chi connectivity index (χ2v) is 8.97. The highest BCUT2D eigenvalue weighted by Crippen LogP contribution is 2.34. The van der Waals surface area contributed by atoms with Gasteiger partial charge in [-0.25, -0.2) is 4.98 Å². The molecular weight excluding hydrogens is 410 g/mol. The van der Waals surface area contributed by atoms with Crippen LogP contribution in [0.15, 0.2) is 66.7 Å². The van der Waals surface area contributed by atoms with Crippen molar-refractivity contribution in [2.75, 3.05) is 18.1 Å². The summed E-state index contributed by atoms with van der Waals surface area (Å²) in [6.45, 7) is 8.08. The number of hydrogen-bond acceptors (Lipinski definition) is 3. The van der Waals surface area contributed by atoms with Gasteiger partial charge in [-0.3, -0.25) is 4.79 Å². The molecule has 0 spiro atoms. The molecule has 0 bridgehead atoms. The smallest absolute Gasteiger partial charge is 0.227 e. The summed E-state index contributed by atoms with van der Waals surface area (Å²) >= 11 is 0. The molecule has 1 amide bonds. The fourth-order valence-electron chi connectivity index (χ4n) is 4.75. The summed E-state index contributed by atoms with van der Waals surface area (Å²) in [7, 11) is 0. The van der Waals surface area contributed by atoms with E-state index in [9.17, 15) is 4.79 Å². The number of fused-ring (bicyclic) bond motifs is 1. The molecule has 5 rings (SSSR count). The first kappa shape index (κ1) is 21.3. The van der Waals surface area contributed by atoms with E-state index in [1.165, 1.54) is 11.1 Å². The van der Waals surface area contributed by atoms with Crippen LogP contribution in [0, 0.1) is 20.8 Å². The molecule has 1 aliphatic rings. The number of para-hydroxylation sites is 2. The van der Waals surface area contributed by atoms with E-state index in [0.29, 0.717) is 26.1 Å². The van der Waals surface area contributed by atoms with Crippen molar-refractivity contribution >= 4 is 22.6 Å². The average Bonchev–Trinajstić information content (AvgIpc) is 3.36. The number of aryl methyl sites for hydroxylation is 3. The molecule has 0 saturated carbocycles. The Morgan fingerprint density at radius 2 is 1.73 bits per heavy atom. The number of rotatable bonds is 6. The number of imidazole rings is 1. The normalized spacial score (nSPS) is 16.0. The van der Waals surface area contributed by atoms with Gasteiger partial charge in [0, 0.05) is 24.6 Å². The van der Waals surface area contributed by atoms with Crippen LogP contribution in [0.3, 0.4) is 0 Å². The van der Waals surface area contributed by atoms with Gasteiger partial charge in [0.15, 0.2) is 0 Å². The van der Waals surface area contributed by atoms with Crippen LogP contribution in [-0.4, -0.2) is 28.6 Å². The number of ether oxygens (including phenoxy) is 1. The van der Waals surface area contributed by atoms with Crippen LogP contribution in [0.1, 0.15) is 34.9 Å². The van der Waals surface area contributed by atoms with Crippen LogP contribution >= 0.6 is 0 Å². The topological polar surface area (TPSA) is 47.4 Å². The highest BCUT2D eigenvalue weighted by Gasteiger charge is 2.35. The molecule has 5 nitrogen and oxygen atoms in total. The minimum atomic E-state index is 0.0463. The zero-order chi connectivity index (χ0) is 22.9. The summed E-state index contributed by atoms with van der Waals surface area (Å²) < 4.78 is 8.24. The Bertz CT molecular complexity index is 1310. The summed E-state index contributed by atoms with van der Waals surface area (Å²) in [6, 6.07) is 22.5. The van der Waals surface area contributed by atoms with E-state index in [1.54, 1.807) is 0 Å². The Morgan fingerprint density at radius 1 is 0.970 bits per heavy atom. The highest BCUT2D eigenvalue weighted by atomic mass is 16.5. The highest BCUT2D eigenvalue weighted by molar-refractivity contribution is 5.97. The van der Waals surface area contributed by atoms with Crippen molar-refractivity contribution in [1.82, 2.24) is 9.55 Å². The molecular formula is C28H29N3O2. The van der Waals surface area contributed by atoms with E-state index in [0.717, 1.165) is 33.9 Å². The van der Waals surface area contributed by atoms with E-state index >= 15 is 0 Å². The van der Waals surface area contributed by atoms with Gasteiger partial charge in [0.2, 0.25) is 5.91 Å². The van der Waals surface area contributed by atoms with E-state index in [4.69, 9.17) is 9.72 Å². The fourth-order valence-corrected chi connectivity index (χ4v) is 4.75. The molecule has 1 fully saturated rings. The van der Waals surface area contributed by atoms with Gasteiger partial charge in [-0.15, -0.1) is 0 Å². The number of hydrogen-bond donors (Lipinski definition) is 0. The van der Waals surface area contributed by atoms with Crippen molar-refractivity contribution in [3.8, 4) is 5.75 Å². The van der Waals surface area contributed by atoms with Crippen LogP contribution in [0.5, 0.6) is 5.75 Å². The van der Waals surface area contributed by atoms with Crippen molar-refractivity contribution < 1.29 is 9.53 Å². The number of benzene rings is 3. The fraction of sp³-hybridized carbons (Fsp3) is 0.286. The summed E-state index contributed by atoms with van der Waals surface area (Å²) in [4.78, 5) is 19.9. The minimum absolute atomic E-state index is 0.0463. The Kier molecular flexibility index (Phi) is 5.63. The zero-order valence-electron chi connectivity index (χ0n) is 19.4. The quantitative estimate of drug-likeness (QED) is 0.395. The maximum atomic E-state index is 13.0. The molecule has 1 atom stereocenters. The third kappa shape index (κ3) is 4.23. The van der Waals surface area contributed by atoms with E-state index in [2.05, 4.69) is 61.7 Å². The van der Waals surface area contributed by atoms with Gasteiger partial charge in [0.05, 0.1) is 17.6 Å². The van der Waals surface area contributed by atoms with Crippen LogP contribution in [0.4, 0.5) is 5.69 Å². The van der Waals surface area contributed by atoms with Gasteiger partial charge in [0.25, 0.3) is 0 Å². The number of anilines is 1. The van der Waals surface area contributed by atoms with Crippen LogP contribution < -0.4 is 9.64 Å². The van der Waals surface area contributed by atoms with Crippen molar-refractivity contribution in [3.05, 3.63) is 89.2 Å². The van der Waals surface area contributed by atoms with E-state index in [1.807, 2.05) is 35.2 Å². The van der Waals surface area contributed by atoms with Crippen molar-refractivity contribution in [3.63, 3.8) is 0 Å². The third-order valence-electron chi connectivity index (χ3n) is 6.42. The van der Waals surface area contributed by atoms with Crippen LogP contribution in [0.25, 0.3) is 11.0 Å². The summed E-state index contributed by atoms with van der Waals surface area (Å²) in [5.74, 6) is 2.03. The predicted octanol–water partition coefficient (Wildman–Crippen LogP) is 5.56. The van der Waals surface area contributed by atoms with Gasteiger partial charge < -0.3 is 14.2 Å². The molecule has 0 aliphatic carbocycles. The van der Waals surface area contributed by atoms with Gasteiger partial charge >= 0.3 is 0 Å². The molecule has 1 saturated heterocycles. The summed E-state index contributed by atoms with van der Waals surface area (Å²) in [5, 5.41) is 0. The summed E-state index contributed by atoms with van der Waals surface area (Å²) in [6.07, 6.45) is 0.468. The first-order valence-electron chi connectivity index (χ1n) is 11.5. The van der Waals surface area contributed by atoms with Crippen LogP contribution in [0.2, 0.25) is 0 Å². The standard InChI is InChI=1S/C28H29N3O2/c1-19-8-11-23(12-9-19)33-15-14-30-26-7-5-4-6-24(26)29-28(30)22-17-27(32)31(18-22)25-13-10-20(2)16-21(25)3/h4-13,16,22H,14-15,17-18H2,1-3H3/t22-/m1/s1. The molecule has 4 aromatic rings. The maximum absolute atomic E-state index is 13.0. The molecule has 0 N–H and O–H groups in total.